The molecule has 1 atom stereocenters. The van der Waals surface area contributed by atoms with Gasteiger partial charge in [0.1, 0.15) is 5.82 Å². The van der Waals surface area contributed by atoms with Crippen LogP contribution in [0.25, 0.3) is 0 Å². The second kappa shape index (κ2) is 6.35. The number of pyridine rings is 1. The van der Waals surface area contributed by atoms with Gasteiger partial charge in [-0.05, 0) is 18.1 Å². The standard InChI is InChI=1S/C13H21N3O2/c1-9(2)11(8-17)15-12-6-5-10(7-14-12)13(18)16(3)4/h5-7,9,11,17H,8H2,1-4H3,(H,14,15). The molecule has 2 N–H and O–H groups in total. The Morgan fingerprint density at radius 1 is 1.44 bits per heavy atom. The highest BCUT2D eigenvalue weighted by Gasteiger charge is 2.13. The van der Waals surface area contributed by atoms with Crippen molar-refractivity contribution in [1.29, 1.82) is 0 Å². The minimum absolute atomic E-state index is 0.0344. The Labute approximate surface area is 108 Å². The van der Waals surface area contributed by atoms with E-state index in [4.69, 9.17) is 0 Å². The van der Waals surface area contributed by atoms with Gasteiger partial charge < -0.3 is 15.3 Å². The first-order valence-corrected chi connectivity index (χ1v) is 6.00. The summed E-state index contributed by atoms with van der Waals surface area (Å²) in [6, 6.07) is 3.45. The Hall–Kier alpha value is -1.62. The number of hydrogen-bond acceptors (Lipinski definition) is 4. The van der Waals surface area contributed by atoms with Crippen molar-refractivity contribution in [2.75, 3.05) is 26.0 Å². The molecule has 1 heterocycles. The van der Waals surface area contributed by atoms with E-state index in [-0.39, 0.29) is 18.6 Å². The molecule has 18 heavy (non-hydrogen) atoms. The van der Waals surface area contributed by atoms with Crippen LogP contribution in [0.1, 0.15) is 24.2 Å². The molecule has 1 rings (SSSR count). The maximum absolute atomic E-state index is 11.7. The summed E-state index contributed by atoms with van der Waals surface area (Å²) in [7, 11) is 3.41. The highest BCUT2D eigenvalue weighted by molar-refractivity contribution is 5.93. The Bertz CT molecular complexity index is 388. The first kappa shape index (κ1) is 14.4. The molecule has 0 radical (unpaired) electrons. The van der Waals surface area contributed by atoms with E-state index < -0.39 is 0 Å². The molecule has 0 saturated heterocycles. The third kappa shape index (κ3) is 3.70. The normalized spacial score (nSPS) is 12.3. The van der Waals surface area contributed by atoms with Gasteiger partial charge in [-0.25, -0.2) is 4.98 Å². The van der Waals surface area contributed by atoms with Crippen LogP contribution in [0, 0.1) is 5.92 Å². The minimum atomic E-state index is -0.0726. The van der Waals surface area contributed by atoms with Crippen molar-refractivity contribution < 1.29 is 9.90 Å². The lowest BCUT2D eigenvalue weighted by molar-refractivity contribution is 0.0827. The van der Waals surface area contributed by atoms with E-state index in [0.717, 1.165) is 0 Å². The number of rotatable bonds is 5. The molecule has 1 amide bonds. The van der Waals surface area contributed by atoms with E-state index in [2.05, 4.69) is 10.3 Å². The van der Waals surface area contributed by atoms with Crippen LogP contribution in [0.2, 0.25) is 0 Å². The average molecular weight is 251 g/mol. The number of amides is 1. The molecule has 0 fully saturated rings. The molecule has 5 nitrogen and oxygen atoms in total. The molecule has 0 aromatic carbocycles. The predicted octanol–water partition coefficient (Wildman–Crippen LogP) is 1.21. The lowest BCUT2D eigenvalue weighted by atomic mass is 10.1. The summed E-state index contributed by atoms with van der Waals surface area (Å²) in [6.07, 6.45) is 1.54. The van der Waals surface area contributed by atoms with Gasteiger partial charge in [-0.15, -0.1) is 0 Å². The van der Waals surface area contributed by atoms with Crippen LogP contribution in [0.4, 0.5) is 5.82 Å². The van der Waals surface area contributed by atoms with Gasteiger partial charge in [-0.2, -0.15) is 0 Å². The molecule has 1 aromatic heterocycles. The minimum Gasteiger partial charge on any atom is -0.394 e. The van der Waals surface area contributed by atoms with Gasteiger partial charge in [-0.1, -0.05) is 13.8 Å². The zero-order chi connectivity index (χ0) is 13.7. The molecule has 1 aromatic rings. The summed E-state index contributed by atoms with van der Waals surface area (Å²) in [5.41, 5.74) is 0.552. The number of aliphatic hydroxyl groups excluding tert-OH is 1. The summed E-state index contributed by atoms with van der Waals surface area (Å²) in [5.74, 6) is 0.898. The summed E-state index contributed by atoms with van der Waals surface area (Å²) in [4.78, 5) is 17.4. The van der Waals surface area contributed by atoms with E-state index in [1.54, 1.807) is 32.4 Å². The summed E-state index contributed by atoms with van der Waals surface area (Å²) < 4.78 is 0. The van der Waals surface area contributed by atoms with E-state index in [0.29, 0.717) is 17.3 Å². The van der Waals surface area contributed by atoms with Crippen molar-refractivity contribution in [2.24, 2.45) is 5.92 Å². The predicted molar refractivity (Wildman–Crippen MR) is 71.6 cm³/mol. The first-order valence-electron chi connectivity index (χ1n) is 6.00. The largest absolute Gasteiger partial charge is 0.394 e. The Morgan fingerprint density at radius 2 is 2.11 bits per heavy atom. The molecular weight excluding hydrogens is 230 g/mol. The number of carbonyl (C=O) groups is 1. The van der Waals surface area contributed by atoms with Crippen LogP contribution in [0.15, 0.2) is 18.3 Å². The topological polar surface area (TPSA) is 65.5 Å². The fourth-order valence-electron chi connectivity index (χ4n) is 1.48. The van der Waals surface area contributed by atoms with Gasteiger partial charge >= 0.3 is 0 Å². The highest BCUT2D eigenvalue weighted by atomic mass is 16.3. The Morgan fingerprint density at radius 3 is 2.50 bits per heavy atom. The van der Waals surface area contributed by atoms with Crippen molar-refractivity contribution >= 4 is 11.7 Å². The molecular formula is C13H21N3O2. The fourth-order valence-corrected chi connectivity index (χ4v) is 1.48. The van der Waals surface area contributed by atoms with Gasteiger partial charge in [0.2, 0.25) is 0 Å². The van der Waals surface area contributed by atoms with Crippen molar-refractivity contribution in [3.8, 4) is 0 Å². The van der Waals surface area contributed by atoms with Crippen LogP contribution in [0.3, 0.4) is 0 Å². The SMILES string of the molecule is CC(C)C(CO)Nc1ccc(C(=O)N(C)C)cn1. The maximum Gasteiger partial charge on any atom is 0.254 e. The quantitative estimate of drug-likeness (QED) is 0.825. The van der Waals surface area contributed by atoms with E-state index in [1.165, 1.54) is 4.90 Å². The Balaban J connectivity index is 2.74. The second-order valence-electron chi connectivity index (χ2n) is 4.81. The van der Waals surface area contributed by atoms with Crippen molar-refractivity contribution in [1.82, 2.24) is 9.88 Å². The zero-order valence-corrected chi connectivity index (χ0v) is 11.3. The number of anilines is 1. The molecule has 0 saturated carbocycles. The highest BCUT2D eigenvalue weighted by Crippen LogP contribution is 2.11. The van der Waals surface area contributed by atoms with Crippen molar-refractivity contribution in [3.05, 3.63) is 23.9 Å². The average Bonchev–Trinajstić information content (AvgIpc) is 2.35. The number of nitrogens with one attached hydrogen (secondary N) is 1. The van der Waals surface area contributed by atoms with E-state index in [9.17, 15) is 9.90 Å². The van der Waals surface area contributed by atoms with Gasteiger partial charge in [0.05, 0.1) is 18.2 Å². The monoisotopic (exact) mass is 251 g/mol. The smallest absolute Gasteiger partial charge is 0.254 e. The van der Waals surface area contributed by atoms with Gasteiger partial charge in [0.25, 0.3) is 5.91 Å². The first-order chi connectivity index (χ1) is 8.45. The number of carbonyl (C=O) groups excluding carboxylic acids is 1. The maximum atomic E-state index is 11.7. The second-order valence-corrected chi connectivity index (χ2v) is 4.81. The third-order valence-corrected chi connectivity index (χ3v) is 2.75. The van der Waals surface area contributed by atoms with Crippen LogP contribution >= 0.6 is 0 Å². The molecule has 1 unspecified atom stereocenters. The van der Waals surface area contributed by atoms with Gasteiger partial charge in [0.15, 0.2) is 0 Å². The Kier molecular flexibility index (Phi) is 5.09. The van der Waals surface area contributed by atoms with E-state index in [1.807, 2.05) is 13.8 Å². The molecule has 100 valence electrons. The number of hydrogen-bond donors (Lipinski definition) is 2. The number of nitrogens with zero attached hydrogens (tertiary/aromatic N) is 2. The zero-order valence-electron chi connectivity index (χ0n) is 11.3. The number of aliphatic hydroxyl groups is 1. The summed E-state index contributed by atoms with van der Waals surface area (Å²) >= 11 is 0. The van der Waals surface area contributed by atoms with Gasteiger partial charge in [-0.3, -0.25) is 4.79 Å². The van der Waals surface area contributed by atoms with Crippen molar-refractivity contribution in [2.45, 2.75) is 19.9 Å². The van der Waals surface area contributed by atoms with Crippen LogP contribution in [-0.4, -0.2) is 47.6 Å². The third-order valence-electron chi connectivity index (χ3n) is 2.75. The molecule has 0 spiro atoms. The summed E-state index contributed by atoms with van der Waals surface area (Å²) in [6.45, 7) is 4.10. The fraction of sp³-hybridized carbons (Fsp3) is 0.538. The molecule has 0 aliphatic rings. The lowest BCUT2D eigenvalue weighted by Crippen LogP contribution is -2.30. The lowest BCUT2D eigenvalue weighted by Gasteiger charge is -2.20. The molecule has 0 aliphatic carbocycles. The summed E-state index contributed by atoms with van der Waals surface area (Å²) in [5, 5.41) is 12.4. The van der Waals surface area contributed by atoms with Crippen LogP contribution in [0.5, 0.6) is 0 Å². The van der Waals surface area contributed by atoms with Crippen LogP contribution in [-0.2, 0) is 0 Å². The van der Waals surface area contributed by atoms with Gasteiger partial charge in [0, 0.05) is 20.3 Å². The van der Waals surface area contributed by atoms with Crippen LogP contribution < -0.4 is 5.32 Å². The molecule has 0 bridgehead atoms. The van der Waals surface area contributed by atoms with E-state index >= 15 is 0 Å². The van der Waals surface area contributed by atoms with Crippen molar-refractivity contribution in [3.63, 3.8) is 0 Å². The number of aromatic nitrogens is 1. The molecule has 5 heteroatoms. The molecule has 0 aliphatic heterocycles.